The molecule has 0 aliphatic rings. The van der Waals surface area contributed by atoms with Gasteiger partial charge in [0, 0.05) is 45.2 Å². The predicted molar refractivity (Wildman–Crippen MR) is 223 cm³/mol. The molecule has 7 aromatic carbocycles. The fraction of sp³-hybridized carbons (Fsp3) is 0. The molecule has 0 aliphatic heterocycles. The number of para-hydroxylation sites is 2. The van der Waals surface area contributed by atoms with Gasteiger partial charge >= 0.3 is 0 Å². The van der Waals surface area contributed by atoms with E-state index in [1.165, 1.54) is 0 Å². The van der Waals surface area contributed by atoms with Gasteiger partial charge in [0.05, 0.1) is 22.2 Å². The van der Waals surface area contributed by atoms with E-state index in [2.05, 4.69) is 180 Å². The van der Waals surface area contributed by atoms with Gasteiger partial charge in [-0.15, -0.1) is 0 Å². The summed E-state index contributed by atoms with van der Waals surface area (Å²) in [5.74, 6) is 0.678. The average molecular weight is 689 g/mol. The molecule has 0 fully saturated rings. The molecular formula is C50H32N4. The summed E-state index contributed by atoms with van der Waals surface area (Å²) in [6, 6.07) is 63.7. The van der Waals surface area contributed by atoms with E-state index in [0.717, 1.165) is 94.0 Å². The maximum Gasteiger partial charge on any atom is 0.160 e. The van der Waals surface area contributed by atoms with Crippen molar-refractivity contribution in [3.8, 4) is 67.2 Å². The summed E-state index contributed by atoms with van der Waals surface area (Å²) in [5.41, 5.74) is 14.7. The van der Waals surface area contributed by atoms with Crippen LogP contribution in [-0.4, -0.2) is 19.9 Å². The van der Waals surface area contributed by atoms with E-state index in [1.807, 2.05) is 24.5 Å². The first-order chi connectivity index (χ1) is 26.8. The highest BCUT2D eigenvalue weighted by atomic mass is 14.9. The Labute approximate surface area is 313 Å². The van der Waals surface area contributed by atoms with E-state index >= 15 is 0 Å². The number of hydrogen-bond acceptors (Lipinski definition) is 4. The van der Waals surface area contributed by atoms with Crippen LogP contribution in [0.2, 0.25) is 0 Å². The van der Waals surface area contributed by atoms with Crippen LogP contribution < -0.4 is 0 Å². The van der Waals surface area contributed by atoms with Gasteiger partial charge in [0.1, 0.15) is 0 Å². The zero-order valence-electron chi connectivity index (χ0n) is 29.3. The van der Waals surface area contributed by atoms with Crippen LogP contribution in [0, 0.1) is 0 Å². The number of benzene rings is 7. The number of hydrogen-bond donors (Lipinski definition) is 0. The van der Waals surface area contributed by atoms with Crippen LogP contribution in [0.4, 0.5) is 0 Å². The Morgan fingerprint density at radius 1 is 0.296 bits per heavy atom. The van der Waals surface area contributed by atoms with Gasteiger partial charge in [-0.2, -0.15) is 0 Å². The summed E-state index contributed by atoms with van der Waals surface area (Å²) in [6.45, 7) is 0. The Kier molecular flexibility index (Phi) is 7.77. The zero-order chi connectivity index (χ0) is 35.8. The third-order valence-corrected chi connectivity index (χ3v) is 10.2. The summed E-state index contributed by atoms with van der Waals surface area (Å²) in [5, 5.41) is 3.26. The number of rotatable bonds is 6. The molecule has 0 bridgehead atoms. The monoisotopic (exact) mass is 688 g/mol. The minimum atomic E-state index is 0.678. The molecule has 0 saturated carbocycles. The first-order valence-corrected chi connectivity index (χ1v) is 18.1. The molecular weight excluding hydrogens is 657 g/mol. The lowest BCUT2D eigenvalue weighted by molar-refractivity contribution is 1.23. The zero-order valence-corrected chi connectivity index (χ0v) is 29.3. The molecule has 3 aromatic heterocycles. The van der Waals surface area contributed by atoms with E-state index in [1.54, 1.807) is 0 Å². The molecule has 0 amide bonds. The van der Waals surface area contributed by atoms with Crippen LogP contribution in [0.5, 0.6) is 0 Å². The van der Waals surface area contributed by atoms with Gasteiger partial charge in [-0.05, 0) is 75.3 Å². The second-order valence-corrected chi connectivity index (χ2v) is 13.5. The van der Waals surface area contributed by atoms with Crippen molar-refractivity contribution in [1.29, 1.82) is 0 Å². The molecule has 0 N–H and O–H groups in total. The topological polar surface area (TPSA) is 51.6 Å². The summed E-state index contributed by atoms with van der Waals surface area (Å²) in [6.07, 6.45) is 3.76. The highest BCUT2D eigenvalue weighted by Gasteiger charge is 2.18. The normalized spacial score (nSPS) is 11.3. The quantitative estimate of drug-likeness (QED) is 0.174. The molecule has 0 spiro atoms. The fourth-order valence-corrected chi connectivity index (χ4v) is 7.52. The van der Waals surface area contributed by atoms with E-state index in [9.17, 15) is 0 Å². The second-order valence-electron chi connectivity index (χ2n) is 13.5. The number of fused-ring (bicyclic) bond motifs is 3. The van der Waals surface area contributed by atoms with Crippen LogP contribution in [0.25, 0.3) is 99.9 Å². The Morgan fingerprint density at radius 2 is 0.778 bits per heavy atom. The van der Waals surface area contributed by atoms with Gasteiger partial charge in [-0.25, -0.2) is 9.97 Å². The predicted octanol–water partition coefficient (Wildman–Crippen LogP) is 12.7. The highest BCUT2D eigenvalue weighted by Crippen LogP contribution is 2.40. The summed E-state index contributed by atoms with van der Waals surface area (Å²) < 4.78 is 0. The number of pyridine rings is 2. The lowest BCUT2D eigenvalue weighted by Gasteiger charge is -2.16. The largest absolute Gasteiger partial charge is 0.256 e. The molecule has 10 rings (SSSR count). The molecule has 10 aromatic rings. The Hall–Kier alpha value is -7.30. The van der Waals surface area contributed by atoms with Crippen LogP contribution >= 0.6 is 0 Å². The molecule has 4 heteroatoms. The maximum absolute atomic E-state index is 5.38. The smallest absolute Gasteiger partial charge is 0.160 e. The maximum atomic E-state index is 5.38. The highest BCUT2D eigenvalue weighted by molar-refractivity contribution is 6.05. The average Bonchev–Trinajstić information content (AvgIpc) is 3.26. The molecule has 4 nitrogen and oxygen atoms in total. The number of nitrogens with zero attached hydrogens (tertiary/aromatic N) is 4. The molecule has 54 heavy (non-hydrogen) atoms. The van der Waals surface area contributed by atoms with E-state index in [-0.39, 0.29) is 0 Å². The van der Waals surface area contributed by atoms with Gasteiger partial charge in [-0.3, -0.25) is 9.97 Å². The molecule has 0 radical (unpaired) electrons. The third-order valence-electron chi connectivity index (χ3n) is 10.2. The van der Waals surface area contributed by atoms with E-state index in [4.69, 9.17) is 9.97 Å². The summed E-state index contributed by atoms with van der Waals surface area (Å²) in [4.78, 5) is 19.9. The molecule has 3 heterocycles. The summed E-state index contributed by atoms with van der Waals surface area (Å²) in [7, 11) is 0. The molecule has 0 saturated heterocycles. The van der Waals surface area contributed by atoms with Crippen molar-refractivity contribution >= 4 is 32.7 Å². The molecule has 0 unspecified atom stereocenters. The SMILES string of the molecule is c1ccc(-c2cc(-c3ccccc3)c3nc(-c4ccc(-c5ccnc6ccccc56)cc4)nc(-c4ccc(-c5ccnc6ccccc56)cc4)c3c2)cc1. The minimum Gasteiger partial charge on any atom is -0.256 e. The Morgan fingerprint density at radius 3 is 1.37 bits per heavy atom. The third kappa shape index (κ3) is 5.67. The first kappa shape index (κ1) is 31.4. The minimum absolute atomic E-state index is 0.678. The van der Waals surface area contributed by atoms with Gasteiger partial charge in [0.2, 0.25) is 0 Å². The Balaban J connectivity index is 1.17. The lowest BCUT2D eigenvalue weighted by atomic mass is 9.93. The molecule has 0 aliphatic carbocycles. The van der Waals surface area contributed by atoms with Crippen molar-refractivity contribution in [3.63, 3.8) is 0 Å². The molecule has 252 valence electrons. The summed E-state index contributed by atoms with van der Waals surface area (Å²) >= 11 is 0. The van der Waals surface area contributed by atoms with Gasteiger partial charge in [-0.1, -0.05) is 146 Å². The fourth-order valence-electron chi connectivity index (χ4n) is 7.52. The van der Waals surface area contributed by atoms with Crippen LogP contribution in [0.15, 0.2) is 194 Å². The first-order valence-electron chi connectivity index (χ1n) is 18.1. The standard InChI is InChI=1S/C50H32N4/c1-3-11-33(12-4-1)39-31-44(34-13-5-2-6-14-34)49-45(32-39)48(37-23-19-35(20-24-37)40-27-29-51-46-17-9-7-15-42(40)46)53-50(54-49)38-25-21-36(22-26-38)41-28-30-52-47-18-10-8-16-43(41)47/h1-32H. The van der Waals surface area contributed by atoms with Crippen molar-refractivity contribution in [1.82, 2.24) is 19.9 Å². The van der Waals surface area contributed by atoms with Crippen molar-refractivity contribution < 1.29 is 0 Å². The van der Waals surface area contributed by atoms with E-state index < -0.39 is 0 Å². The van der Waals surface area contributed by atoms with Crippen LogP contribution in [-0.2, 0) is 0 Å². The van der Waals surface area contributed by atoms with E-state index in [0.29, 0.717) is 5.82 Å². The van der Waals surface area contributed by atoms with Gasteiger partial charge in [0.15, 0.2) is 5.82 Å². The van der Waals surface area contributed by atoms with Gasteiger partial charge < -0.3 is 0 Å². The van der Waals surface area contributed by atoms with Crippen molar-refractivity contribution in [2.45, 2.75) is 0 Å². The van der Waals surface area contributed by atoms with Crippen molar-refractivity contribution in [3.05, 3.63) is 194 Å². The number of aromatic nitrogens is 4. The lowest BCUT2D eigenvalue weighted by Crippen LogP contribution is -1.98. The van der Waals surface area contributed by atoms with Crippen molar-refractivity contribution in [2.24, 2.45) is 0 Å². The van der Waals surface area contributed by atoms with Crippen molar-refractivity contribution in [2.75, 3.05) is 0 Å². The Bertz CT molecular complexity index is 2950. The van der Waals surface area contributed by atoms with Crippen LogP contribution in [0.1, 0.15) is 0 Å². The second kappa shape index (κ2) is 13.4. The van der Waals surface area contributed by atoms with Crippen LogP contribution in [0.3, 0.4) is 0 Å². The van der Waals surface area contributed by atoms with Gasteiger partial charge in [0.25, 0.3) is 0 Å². The molecule has 0 atom stereocenters.